The lowest BCUT2D eigenvalue weighted by atomic mass is 10.1. The Bertz CT molecular complexity index is 840. The van der Waals surface area contributed by atoms with E-state index in [-0.39, 0.29) is 24.1 Å². The second kappa shape index (κ2) is 7.10. The number of hydrogen-bond donors (Lipinski definition) is 2. The highest BCUT2D eigenvalue weighted by Gasteiger charge is 2.12. The lowest BCUT2D eigenvalue weighted by molar-refractivity contribution is 0.0923. The average Bonchev–Trinajstić information content (AvgIpc) is 3.10. The maximum Gasteiger partial charge on any atom is 0.287 e. The van der Waals surface area contributed by atoms with Crippen molar-refractivity contribution in [2.45, 2.75) is 13.2 Å². The topological polar surface area (TPSA) is 62.5 Å². The van der Waals surface area contributed by atoms with Gasteiger partial charge < -0.3 is 14.8 Å². The highest BCUT2D eigenvalue weighted by atomic mass is 19.1. The summed E-state index contributed by atoms with van der Waals surface area (Å²) >= 11 is 0. The van der Waals surface area contributed by atoms with Crippen LogP contribution in [0.2, 0.25) is 0 Å². The number of benzene rings is 2. The van der Waals surface area contributed by atoms with E-state index in [0.717, 1.165) is 11.1 Å². The number of amides is 1. The summed E-state index contributed by atoms with van der Waals surface area (Å²) in [7, 11) is 0. The summed E-state index contributed by atoms with van der Waals surface area (Å²) in [5, 5.41) is 12.1. The monoisotopic (exact) mass is 325 g/mol. The molecule has 0 aliphatic rings. The zero-order valence-corrected chi connectivity index (χ0v) is 12.8. The van der Waals surface area contributed by atoms with Crippen LogP contribution in [0.25, 0.3) is 11.3 Å². The van der Waals surface area contributed by atoms with E-state index in [1.807, 2.05) is 18.2 Å². The highest BCUT2D eigenvalue weighted by Crippen LogP contribution is 2.22. The van der Waals surface area contributed by atoms with Gasteiger partial charge in [0.05, 0.1) is 6.61 Å². The second-order valence-corrected chi connectivity index (χ2v) is 5.28. The van der Waals surface area contributed by atoms with Gasteiger partial charge in [-0.05, 0) is 47.5 Å². The Hall–Kier alpha value is -2.92. The number of aliphatic hydroxyl groups excluding tert-OH is 1. The van der Waals surface area contributed by atoms with Crippen molar-refractivity contribution in [1.82, 2.24) is 5.32 Å². The Balaban J connectivity index is 1.69. The van der Waals surface area contributed by atoms with Crippen molar-refractivity contribution < 1.29 is 18.7 Å². The third-order valence-electron chi connectivity index (χ3n) is 3.69. The molecule has 122 valence electrons. The minimum atomic E-state index is -0.351. The molecule has 0 saturated heterocycles. The van der Waals surface area contributed by atoms with Gasteiger partial charge in [0.2, 0.25) is 0 Å². The Labute approximate surface area is 138 Å². The fourth-order valence-electron chi connectivity index (χ4n) is 2.38. The van der Waals surface area contributed by atoms with Crippen LogP contribution in [0.15, 0.2) is 65.1 Å². The maximum atomic E-state index is 12.9. The number of aliphatic hydroxyl groups is 1. The molecule has 4 nitrogen and oxygen atoms in total. The predicted octanol–water partition coefficient (Wildman–Crippen LogP) is 3.51. The number of nitrogens with one attached hydrogen (secondary N) is 1. The molecule has 0 aliphatic heterocycles. The Morgan fingerprint density at radius 2 is 1.71 bits per heavy atom. The van der Waals surface area contributed by atoms with Crippen LogP contribution in [0.3, 0.4) is 0 Å². The largest absolute Gasteiger partial charge is 0.451 e. The van der Waals surface area contributed by atoms with Gasteiger partial charge in [0.15, 0.2) is 5.76 Å². The van der Waals surface area contributed by atoms with Gasteiger partial charge in [-0.25, -0.2) is 4.39 Å². The van der Waals surface area contributed by atoms with Crippen LogP contribution >= 0.6 is 0 Å². The van der Waals surface area contributed by atoms with Crippen molar-refractivity contribution in [2.75, 3.05) is 0 Å². The first kappa shape index (κ1) is 16.0. The summed E-state index contributed by atoms with van der Waals surface area (Å²) < 4.78 is 18.5. The summed E-state index contributed by atoms with van der Waals surface area (Å²) in [6, 6.07) is 16.4. The fourth-order valence-corrected chi connectivity index (χ4v) is 2.38. The second-order valence-electron chi connectivity index (χ2n) is 5.28. The highest BCUT2D eigenvalue weighted by molar-refractivity contribution is 5.92. The van der Waals surface area contributed by atoms with Crippen LogP contribution in [0, 0.1) is 5.82 Å². The SMILES string of the molecule is O=C(NCc1ccccc1CO)c1ccc(-c2ccc(F)cc2)o1. The minimum Gasteiger partial charge on any atom is -0.451 e. The molecule has 2 aromatic carbocycles. The van der Waals surface area contributed by atoms with Crippen LogP contribution in [-0.4, -0.2) is 11.0 Å². The molecule has 0 radical (unpaired) electrons. The first-order valence-corrected chi connectivity index (χ1v) is 7.49. The van der Waals surface area contributed by atoms with Gasteiger partial charge >= 0.3 is 0 Å². The normalized spacial score (nSPS) is 10.6. The summed E-state index contributed by atoms with van der Waals surface area (Å²) in [5.74, 6) is -0.00589. The van der Waals surface area contributed by atoms with Crippen molar-refractivity contribution in [3.63, 3.8) is 0 Å². The molecule has 0 saturated carbocycles. The molecular weight excluding hydrogens is 309 g/mol. The van der Waals surface area contributed by atoms with E-state index in [4.69, 9.17) is 4.42 Å². The van der Waals surface area contributed by atoms with Gasteiger partial charge in [0.1, 0.15) is 11.6 Å². The quantitative estimate of drug-likeness (QED) is 0.754. The smallest absolute Gasteiger partial charge is 0.287 e. The standard InChI is InChI=1S/C19H16FNO3/c20-16-7-5-13(6-8-16)17-9-10-18(24-17)19(23)21-11-14-3-1-2-4-15(14)12-22/h1-10,22H,11-12H2,(H,21,23). The third kappa shape index (κ3) is 3.52. The van der Waals surface area contributed by atoms with E-state index in [2.05, 4.69) is 5.32 Å². The van der Waals surface area contributed by atoms with E-state index < -0.39 is 0 Å². The van der Waals surface area contributed by atoms with Crippen molar-refractivity contribution in [1.29, 1.82) is 0 Å². The van der Waals surface area contributed by atoms with Crippen molar-refractivity contribution in [3.05, 3.63) is 83.4 Å². The number of carbonyl (C=O) groups excluding carboxylic acids is 1. The molecule has 24 heavy (non-hydrogen) atoms. The van der Waals surface area contributed by atoms with Gasteiger partial charge in [-0.1, -0.05) is 24.3 Å². The molecule has 0 unspecified atom stereocenters. The molecule has 0 bridgehead atoms. The van der Waals surface area contributed by atoms with Crippen LogP contribution < -0.4 is 5.32 Å². The van der Waals surface area contributed by atoms with Gasteiger partial charge in [-0.15, -0.1) is 0 Å². The third-order valence-corrected chi connectivity index (χ3v) is 3.69. The maximum absolute atomic E-state index is 12.9. The summed E-state index contributed by atoms with van der Waals surface area (Å²) in [4.78, 5) is 12.2. The van der Waals surface area contributed by atoms with E-state index in [0.29, 0.717) is 17.9 Å². The first-order chi connectivity index (χ1) is 11.7. The number of rotatable bonds is 5. The predicted molar refractivity (Wildman–Crippen MR) is 87.6 cm³/mol. The molecule has 1 heterocycles. The molecule has 1 aromatic heterocycles. The van der Waals surface area contributed by atoms with E-state index in [1.54, 1.807) is 30.3 Å². The van der Waals surface area contributed by atoms with Crippen molar-refractivity contribution in [2.24, 2.45) is 0 Å². The van der Waals surface area contributed by atoms with Gasteiger partial charge in [-0.3, -0.25) is 4.79 Å². The average molecular weight is 325 g/mol. The molecule has 0 aliphatic carbocycles. The fraction of sp³-hybridized carbons (Fsp3) is 0.105. The molecule has 0 atom stereocenters. The van der Waals surface area contributed by atoms with E-state index >= 15 is 0 Å². The zero-order chi connectivity index (χ0) is 16.9. The molecule has 3 rings (SSSR count). The van der Waals surface area contributed by atoms with Gasteiger partial charge in [0.25, 0.3) is 5.91 Å². The summed E-state index contributed by atoms with van der Waals surface area (Å²) in [5.41, 5.74) is 2.31. The van der Waals surface area contributed by atoms with Crippen LogP contribution in [-0.2, 0) is 13.2 Å². The van der Waals surface area contributed by atoms with Crippen LogP contribution in [0.5, 0.6) is 0 Å². The van der Waals surface area contributed by atoms with E-state index in [9.17, 15) is 14.3 Å². The first-order valence-electron chi connectivity index (χ1n) is 7.49. The molecule has 3 aromatic rings. The molecular formula is C19H16FNO3. The minimum absolute atomic E-state index is 0.0818. The van der Waals surface area contributed by atoms with Gasteiger partial charge in [0, 0.05) is 12.1 Å². The molecule has 1 amide bonds. The Morgan fingerprint density at radius 3 is 2.42 bits per heavy atom. The Kier molecular flexibility index (Phi) is 4.72. The van der Waals surface area contributed by atoms with Crippen molar-refractivity contribution in [3.8, 4) is 11.3 Å². The van der Waals surface area contributed by atoms with Crippen molar-refractivity contribution >= 4 is 5.91 Å². The number of carbonyl (C=O) groups is 1. The zero-order valence-electron chi connectivity index (χ0n) is 12.8. The van der Waals surface area contributed by atoms with Gasteiger partial charge in [-0.2, -0.15) is 0 Å². The number of hydrogen-bond acceptors (Lipinski definition) is 3. The molecule has 5 heteroatoms. The van der Waals surface area contributed by atoms with Crippen LogP contribution in [0.1, 0.15) is 21.7 Å². The van der Waals surface area contributed by atoms with E-state index in [1.165, 1.54) is 12.1 Å². The Morgan fingerprint density at radius 1 is 1.00 bits per heavy atom. The van der Waals surface area contributed by atoms with Crippen LogP contribution in [0.4, 0.5) is 4.39 Å². The molecule has 0 spiro atoms. The molecule has 0 fully saturated rings. The lowest BCUT2D eigenvalue weighted by Crippen LogP contribution is -2.22. The summed E-state index contributed by atoms with van der Waals surface area (Å²) in [6.45, 7) is 0.212. The summed E-state index contributed by atoms with van der Waals surface area (Å²) in [6.07, 6.45) is 0. The lowest BCUT2D eigenvalue weighted by Gasteiger charge is -2.07. The number of furan rings is 1. The number of halogens is 1. The molecule has 2 N–H and O–H groups in total.